The summed E-state index contributed by atoms with van der Waals surface area (Å²) in [5.41, 5.74) is -0.488. The highest BCUT2D eigenvalue weighted by atomic mass is 16.6. The molecule has 2 fully saturated rings. The molecule has 2 aliphatic rings. The molecule has 0 aromatic heterocycles. The van der Waals surface area contributed by atoms with Crippen LogP contribution in [0.5, 0.6) is 0 Å². The summed E-state index contributed by atoms with van der Waals surface area (Å²) in [5, 5.41) is 0. The Hall–Kier alpha value is -0.570. The van der Waals surface area contributed by atoms with Gasteiger partial charge in [0.2, 0.25) is 0 Å². The zero-order valence-electron chi connectivity index (χ0n) is 8.42. The molecule has 0 aromatic rings. The van der Waals surface area contributed by atoms with Crippen LogP contribution in [0, 0.1) is 0 Å². The Bertz CT molecular complexity index is 247. The molecule has 0 aromatic carbocycles. The van der Waals surface area contributed by atoms with Gasteiger partial charge in [-0.2, -0.15) is 0 Å². The fourth-order valence-electron chi connectivity index (χ4n) is 2.35. The normalized spacial score (nSPS) is 42.7. The smallest absolute Gasteiger partial charge is 0.309 e. The predicted molar refractivity (Wildman–Crippen MR) is 47.3 cm³/mol. The van der Waals surface area contributed by atoms with Gasteiger partial charge in [-0.15, -0.1) is 0 Å². The second kappa shape index (κ2) is 2.47. The highest BCUT2D eigenvalue weighted by Gasteiger charge is 2.52. The van der Waals surface area contributed by atoms with E-state index in [1.54, 1.807) is 0 Å². The van der Waals surface area contributed by atoms with Crippen molar-refractivity contribution in [1.82, 2.24) is 0 Å². The average molecular weight is 184 g/mol. The second-order valence-electron chi connectivity index (χ2n) is 4.87. The molecule has 0 unspecified atom stereocenters. The maximum Gasteiger partial charge on any atom is 0.309 e. The summed E-state index contributed by atoms with van der Waals surface area (Å²) in [4.78, 5) is 11.1. The number of carbonyl (C=O) groups excluding carboxylic acids is 1. The summed E-state index contributed by atoms with van der Waals surface area (Å²) in [6.07, 6.45) is 2.27. The van der Waals surface area contributed by atoms with Crippen LogP contribution in [0.15, 0.2) is 0 Å². The summed E-state index contributed by atoms with van der Waals surface area (Å²) >= 11 is 0. The van der Waals surface area contributed by atoms with Crippen LogP contribution in [-0.4, -0.2) is 23.3 Å². The van der Waals surface area contributed by atoms with Gasteiger partial charge < -0.3 is 9.47 Å². The Morgan fingerprint density at radius 3 is 2.77 bits per heavy atom. The topological polar surface area (TPSA) is 35.5 Å². The molecule has 2 saturated heterocycles. The van der Waals surface area contributed by atoms with Crippen molar-refractivity contribution in [1.29, 1.82) is 0 Å². The third-order valence-electron chi connectivity index (χ3n) is 2.97. The molecule has 3 heteroatoms. The summed E-state index contributed by atoms with van der Waals surface area (Å²) in [7, 11) is 0. The highest BCUT2D eigenvalue weighted by molar-refractivity contribution is 5.73. The summed E-state index contributed by atoms with van der Waals surface area (Å²) in [5.74, 6) is -0.120. The Labute approximate surface area is 78.4 Å². The van der Waals surface area contributed by atoms with Crippen LogP contribution in [0.4, 0.5) is 0 Å². The third kappa shape index (κ3) is 1.46. The van der Waals surface area contributed by atoms with E-state index in [1.807, 2.05) is 6.92 Å². The van der Waals surface area contributed by atoms with E-state index in [0.717, 1.165) is 12.8 Å². The lowest BCUT2D eigenvalue weighted by molar-refractivity contribution is -0.193. The van der Waals surface area contributed by atoms with E-state index in [4.69, 9.17) is 9.47 Å². The van der Waals surface area contributed by atoms with Gasteiger partial charge in [0.1, 0.15) is 11.7 Å². The summed E-state index contributed by atoms with van der Waals surface area (Å²) < 4.78 is 11.1. The minimum atomic E-state index is -0.376. The van der Waals surface area contributed by atoms with Crippen molar-refractivity contribution >= 4 is 5.97 Å². The van der Waals surface area contributed by atoms with Crippen molar-refractivity contribution in [2.75, 3.05) is 0 Å². The van der Waals surface area contributed by atoms with Gasteiger partial charge in [-0.25, -0.2) is 0 Å². The first-order valence-corrected chi connectivity index (χ1v) is 4.81. The number of rotatable bonds is 0. The quantitative estimate of drug-likeness (QED) is 0.537. The molecule has 2 heterocycles. The molecule has 0 N–H and O–H groups in total. The molecule has 0 aliphatic carbocycles. The Morgan fingerprint density at radius 2 is 2.08 bits per heavy atom. The molecule has 2 rings (SSSR count). The number of ether oxygens (including phenoxy) is 2. The van der Waals surface area contributed by atoms with E-state index >= 15 is 0 Å². The first kappa shape index (κ1) is 9.00. The van der Waals surface area contributed by atoms with Gasteiger partial charge in [0, 0.05) is 0 Å². The van der Waals surface area contributed by atoms with E-state index in [2.05, 4.69) is 13.8 Å². The SMILES string of the molecule is CC1(C)CC[C@@H]2OC(=O)C[C@]2(C)O1. The van der Waals surface area contributed by atoms with Crippen LogP contribution in [0.2, 0.25) is 0 Å². The zero-order chi connectivity index (χ0) is 9.69. The number of fused-ring (bicyclic) bond motifs is 1. The van der Waals surface area contributed by atoms with E-state index < -0.39 is 0 Å². The fourth-order valence-corrected chi connectivity index (χ4v) is 2.35. The third-order valence-corrected chi connectivity index (χ3v) is 2.97. The van der Waals surface area contributed by atoms with Gasteiger partial charge in [-0.3, -0.25) is 4.79 Å². The maximum atomic E-state index is 11.1. The number of esters is 1. The Morgan fingerprint density at radius 1 is 1.38 bits per heavy atom. The average Bonchev–Trinajstić information content (AvgIpc) is 2.20. The van der Waals surface area contributed by atoms with Crippen LogP contribution in [0.25, 0.3) is 0 Å². The van der Waals surface area contributed by atoms with Gasteiger partial charge >= 0.3 is 5.97 Å². The van der Waals surface area contributed by atoms with E-state index in [1.165, 1.54) is 0 Å². The van der Waals surface area contributed by atoms with Crippen LogP contribution in [-0.2, 0) is 14.3 Å². The highest BCUT2D eigenvalue weighted by Crippen LogP contribution is 2.42. The van der Waals surface area contributed by atoms with Crippen LogP contribution in [0.1, 0.15) is 40.0 Å². The summed E-state index contributed by atoms with van der Waals surface area (Å²) in [6, 6.07) is 0. The van der Waals surface area contributed by atoms with Crippen LogP contribution >= 0.6 is 0 Å². The molecule has 2 atom stereocenters. The van der Waals surface area contributed by atoms with Gasteiger partial charge in [-0.05, 0) is 33.6 Å². The summed E-state index contributed by atoms with van der Waals surface area (Å²) in [6.45, 7) is 6.11. The molecular formula is C10H16O3. The molecule has 13 heavy (non-hydrogen) atoms. The van der Waals surface area contributed by atoms with Crippen molar-refractivity contribution in [2.45, 2.75) is 57.3 Å². The molecule has 0 saturated carbocycles. The predicted octanol–water partition coefficient (Wildman–Crippen LogP) is 1.65. The van der Waals surface area contributed by atoms with Gasteiger partial charge in [0.15, 0.2) is 0 Å². The van der Waals surface area contributed by atoms with Crippen molar-refractivity contribution in [2.24, 2.45) is 0 Å². The molecule has 3 nitrogen and oxygen atoms in total. The number of hydrogen-bond donors (Lipinski definition) is 0. The lowest BCUT2D eigenvalue weighted by Crippen LogP contribution is -2.49. The maximum absolute atomic E-state index is 11.1. The first-order valence-electron chi connectivity index (χ1n) is 4.81. The molecule has 2 aliphatic heterocycles. The minimum absolute atomic E-state index is 0.0203. The monoisotopic (exact) mass is 184 g/mol. The zero-order valence-corrected chi connectivity index (χ0v) is 8.42. The molecule has 74 valence electrons. The van der Waals surface area contributed by atoms with Gasteiger partial charge in [0.05, 0.1) is 12.0 Å². The van der Waals surface area contributed by atoms with E-state index in [-0.39, 0.29) is 23.3 Å². The first-order chi connectivity index (χ1) is 5.91. The molecular weight excluding hydrogens is 168 g/mol. The van der Waals surface area contributed by atoms with Crippen molar-refractivity contribution in [3.8, 4) is 0 Å². The number of carbonyl (C=O) groups is 1. The lowest BCUT2D eigenvalue weighted by Gasteiger charge is -2.43. The van der Waals surface area contributed by atoms with Crippen LogP contribution in [0.3, 0.4) is 0 Å². The molecule has 0 amide bonds. The number of hydrogen-bond acceptors (Lipinski definition) is 3. The molecule has 0 bridgehead atoms. The molecule has 0 radical (unpaired) electrons. The Balaban J connectivity index is 2.20. The van der Waals surface area contributed by atoms with E-state index in [9.17, 15) is 4.79 Å². The van der Waals surface area contributed by atoms with E-state index in [0.29, 0.717) is 6.42 Å². The van der Waals surface area contributed by atoms with Gasteiger partial charge in [0.25, 0.3) is 0 Å². The van der Waals surface area contributed by atoms with Crippen molar-refractivity contribution < 1.29 is 14.3 Å². The fraction of sp³-hybridized carbons (Fsp3) is 0.900. The largest absolute Gasteiger partial charge is 0.459 e. The van der Waals surface area contributed by atoms with Crippen LogP contribution < -0.4 is 0 Å². The van der Waals surface area contributed by atoms with Crippen molar-refractivity contribution in [3.05, 3.63) is 0 Å². The lowest BCUT2D eigenvalue weighted by atomic mass is 9.85. The van der Waals surface area contributed by atoms with Crippen molar-refractivity contribution in [3.63, 3.8) is 0 Å². The van der Waals surface area contributed by atoms with Gasteiger partial charge in [-0.1, -0.05) is 0 Å². The molecule has 0 spiro atoms. The standard InChI is InChI=1S/C10H16O3/c1-9(2)5-4-7-10(3,13-9)6-8(11)12-7/h7H,4-6H2,1-3H3/t7-,10-/m0/s1. The minimum Gasteiger partial charge on any atom is -0.459 e. The second-order valence-corrected chi connectivity index (χ2v) is 4.87. The Kier molecular flexibility index (Phi) is 1.71.